The average molecular weight is 173 g/mol. The van der Waals surface area contributed by atoms with Gasteiger partial charge in [0.15, 0.2) is 0 Å². The highest BCUT2D eigenvalue weighted by molar-refractivity contribution is 4.84. The molecule has 1 aliphatic heterocycles. The summed E-state index contributed by atoms with van der Waals surface area (Å²) in [4.78, 5) is 0. The van der Waals surface area contributed by atoms with Crippen molar-refractivity contribution in [2.24, 2.45) is 0 Å². The highest BCUT2D eigenvalue weighted by Gasteiger charge is 2.28. The van der Waals surface area contributed by atoms with Gasteiger partial charge in [0, 0.05) is 13.2 Å². The molecule has 2 nitrogen and oxygen atoms in total. The molecule has 1 atom stereocenters. The molecule has 0 amide bonds. The van der Waals surface area contributed by atoms with Crippen LogP contribution in [0.2, 0.25) is 0 Å². The first kappa shape index (κ1) is 11.9. The van der Waals surface area contributed by atoms with E-state index < -0.39 is 0 Å². The van der Waals surface area contributed by atoms with Crippen LogP contribution in [0.1, 0.15) is 40.5 Å². The standard InChI is InChI=1S/C8H17NO.C2H6/c1-3-6-10-8(2)4-5-9-7-8;1-2/h9H,3-7H2,1-2H3;1-2H3. The predicted octanol–water partition coefficient (Wildman–Crippen LogP) is 2.19. The fourth-order valence-corrected chi connectivity index (χ4v) is 1.27. The lowest BCUT2D eigenvalue weighted by atomic mass is 10.1. The van der Waals surface area contributed by atoms with Crippen molar-refractivity contribution in [3.63, 3.8) is 0 Å². The van der Waals surface area contributed by atoms with Crippen molar-refractivity contribution < 1.29 is 4.74 Å². The minimum absolute atomic E-state index is 0.135. The van der Waals surface area contributed by atoms with E-state index >= 15 is 0 Å². The third-order valence-electron chi connectivity index (χ3n) is 1.98. The quantitative estimate of drug-likeness (QED) is 0.706. The van der Waals surface area contributed by atoms with Crippen molar-refractivity contribution in [3.05, 3.63) is 0 Å². The summed E-state index contributed by atoms with van der Waals surface area (Å²) in [6.45, 7) is 11.4. The third kappa shape index (κ3) is 4.07. The molecule has 1 rings (SSSR count). The maximum atomic E-state index is 5.68. The molecule has 1 aliphatic rings. The molecule has 0 saturated carbocycles. The van der Waals surface area contributed by atoms with Crippen molar-refractivity contribution in [2.45, 2.75) is 46.1 Å². The summed E-state index contributed by atoms with van der Waals surface area (Å²) in [6, 6.07) is 0. The van der Waals surface area contributed by atoms with Crippen LogP contribution in [0.25, 0.3) is 0 Å². The van der Waals surface area contributed by atoms with Crippen LogP contribution in [0.4, 0.5) is 0 Å². The summed E-state index contributed by atoms with van der Waals surface area (Å²) in [5.41, 5.74) is 0.135. The van der Waals surface area contributed by atoms with Crippen LogP contribution in [0, 0.1) is 0 Å². The van der Waals surface area contributed by atoms with Gasteiger partial charge in [0.25, 0.3) is 0 Å². The largest absolute Gasteiger partial charge is 0.374 e. The Hall–Kier alpha value is -0.0800. The minimum atomic E-state index is 0.135. The van der Waals surface area contributed by atoms with Crippen LogP contribution in [0.15, 0.2) is 0 Å². The minimum Gasteiger partial charge on any atom is -0.374 e. The van der Waals surface area contributed by atoms with Gasteiger partial charge in [-0.3, -0.25) is 0 Å². The van der Waals surface area contributed by atoms with Crippen LogP contribution in [0.3, 0.4) is 0 Å². The second-order valence-electron chi connectivity index (χ2n) is 3.23. The van der Waals surface area contributed by atoms with Crippen LogP contribution in [-0.4, -0.2) is 25.3 Å². The summed E-state index contributed by atoms with van der Waals surface area (Å²) in [5.74, 6) is 0. The third-order valence-corrected chi connectivity index (χ3v) is 1.98. The lowest BCUT2D eigenvalue weighted by Gasteiger charge is -2.22. The molecule has 0 aromatic rings. The van der Waals surface area contributed by atoms with Crippen LogP contribution in [-0.2, 0) is 4.74 Å². The zero-order valence-electron chi connectivity index (χ0n) is 8.94. The van der Waals surface area contributed by atoms with E-state index in [1.807, 2.05) is 13.8 Å². The van der Waals surface area contributed by atoms with E-state index in [9.17, 15) is 0 Å². The SMILES string of the molecule is CC.CCCOC1(C)CCNC1. The van der Waals surface area contributed by atoms with E-state index in [1.165, 1.54) is 0 Å². The Kier molecular flexibility index (Phi) is 6.39. The molecule has 0 aromatic heterocycles. The zero-order chi connectivity index (χ0) is 9.45. The summed E-state index contributed by atoms with van der Waals surface area (Å²) >= 11 is 0. The van der Waals surface area contributed by atoms with Gasteiger partial charge in [-0.1, -0.05) is 20.8 Å². The van der Waals surface area contributed by atoms with E-state index in [-0.39, 0.29) is 5.60 Å². The maximum absolute atomic E-state index is 5.68. The molecule has 0 spiro atoms. The fourth-order valence-electron chi connectivity index (χ4n) is 1.27. The van der Waals surface area contributed by atoms with E-state index in [0.29, 0.717) is 0 Å². The Morgan fingerprint density at radius 1 is 1.42 bits per heavy atom. The Bertz CT molecular complexity index is 98.0. The number of hydrogen-bond donors (Lipinski definition) is 1. The van der Waals surface area contributed by atoms with Crippen LogP contribution in [0.5, 0.6) is 0 Å². The van der Waals surface area contributed by atoms with Gasteiger partial charge in [-0.2, -0.15) is 0 Å². The van der Waals surface area contributed by atoms with Gasteiger partial charge in [0.2, 0.25) is 0 Å². The molecule has 1 heterocycles. The lowest BCUT2D eigenvalue weighted by Crippen LogP contribution is -2.31. The van der Waals surface area contributed by atoms with E-state index in [1.54, 1.807) is 0 Å². The predicted molar refractivity (Wildman–Crippen MR) is 53.5 cm³/mol. The first-order chi connectivity index (χ1) is 5.77. The topological polar surface area (TPSA) is 21.3 Å². The molecule has 74 valence electrons. The lowest BCUT2D eigenvalue weighted by molar-refractivity contribution is -0.0156. The van der Waals surface area contributed by atoms with Crippen molar-refractivity contribution in [3.8, 4) is 0 Å². The monoisotopic (exact) mass is 173 g/mol. The van der Waals surface area contributed by atoms with Crippen molar-refractivity contribution in [1.29, 1.82) is 0 Å². The van der Waals surface area contributed by atoms with Gasteiger partial charge in [0.1, 0.15) is 0 Å². The summed E-state index contributed by atoms with van der Waals surface area (Å²) < 4.78 is 5.68. The van der Waals surface area contributed by atoms with Crippen LogP contribution < -0.4 is 5.32 Å². The zero-order valence-corrected chi connectivity index (χ0v) is 8.94. The molecular formula is C10H23NO. The van der Waals surface area contributed by atoms with E-state index in [4.69, 9.17) is 4.74 Å². The maximum Gasteiger partial charge on any atom is 0.0790 e. The van der Waals surface area contributed by atoms with E-state index in [0.717, 1.165) is 32.5 Å². The van der Waals surface area contributed by atoms with Gasteiger partial charge in [-0.05, 0) is 26.3 Å². The van der Waals surface area contributed by atoms with Crippen LogP contribution >= 0.6 is 0 Å². The highest BCUT2D eigenvalue weighted by Crippen LogP contribution is 2.18. The highest BCUT2D eigenvalue weighted by atomic mass is 16.5. The number of nitrogens with one attached hydrogen (secondary N) is 1. The first-order valence-corrected chi connectivity index (χ1v) is 5.11. The molecule has 0 bridgehead atoms. The average Bonchev–Trinajstić information content (AvgIpc) is 2.53. The molecular weight excluding hydrogens is 150 g/mol. The van der Waals surface area contributed by atoms with E-state index in [2.05, 4.69) is 19.2 Å². The number of hydrogen-bond acceptors (Lipinski definition) is 2. The van der Waals surface area contributed by atoms with Gasteiger partial charge in [0.05, 0.1) is 5.60 Å². The van der Waals surface area contributed by atoms with Crippen molar-refractivity contribution >= 4 is 0 Å². The molecule has 1 N–H and O–H groups in total. The normalized spacial score (nSPS) is 28.0. The molecule has 0 radical (unpaired) electrons. The smallest absolute Gasteiger partial charge is 0.0790 e. The number of rotatable bonds is 3. The van der Waals surface area contributed by atoms with Gasteiger partial charge >= 0.3 is 0 Å². The van der Waals surface area contributed by atoms with Gasteiger partial charge < -0.3 is 10.1 Å². The van der Waals surface area contributed by atoms with Crippen molar-refractivity contribution in [1.82, 2.24) is 5.32 Å². The number of ether oxygens (including phenoxy) is 1. The van der Waals surface area contributed by atoms with Gasteiger partial charge in [-0.15, -0.1) is 0 Å². The van der Waals surface area contributed by atoms with Crippen molar-refractivity contribution in [2.75, 3.05) is 19.7 Å². The second kappa shape index (κ2) is 6.44. The Morgan fingerprint density at radius 2 is 2.08 bits per heavy atom. The van der Waals surface area contributed by atoms with Gasteiger partial charge in [-0.25, -0.2) is 0 Å². The summed E-state index contributed by atoms with van der Waals surface area (Å²) in [7, 11) is 0. The molecule has 0 aromatic carbocycles. The fraction of sp³-hybridized carbons (Fsp3) is 1.00. The molecule has 1 saturated heterocycles. The Balaban J connectivity index is 0.000000561. The first-order valence-electron chi connectivity index (χ1n) is 5.11. The summed E-state index contributed by atoms with van der Waals surface area (Å²) in [6.07, 6.45) is 2.28. The second-order valence-corrected chi connectivity index (χ2v) is 3.23. The molecule has 1 unspecified atom stereocenters. The Morgan fingerprint density at radius 3 is 2.50 bits per heavy atom. The Labute approximate surface area is 76.7 Å². The molecule has 1 fully saturated rings. The molecule has 2 heteroatoms. The molecule has 0 aliphatic carbocycles. The summed E-state index contributed by atoms with van der Waals surface area (Å²) in [5, 5.41) is 3.30. The molecule has 12 heavy (non-hydrogen) atoms.